The van der Waals surface area contributed by atoms with Gasteiger partial charge in [-0.3, -0.25) is 0 Å². The largest absolute Gasteiger partial charge is 0.507 e. The van der Waals surface area contributed by atoms with Crippen LogP contribution in [0.1, 0.15) is 12.0 Å². The Bertz CT molecular complexity index is 278. The van der Waals surface area contributed by atoms with Gasteiger partial charge < -0.3 is 5.11 Å². The van der Waals surface area contributed by atoms with E-state index < -0.39 is 6.43 Å². The van der Waals surface area contributed by atoms with Crippen LogP contribution in [0, 0.1) is 7.14 Å². The Morgan fingerprint density at radius 2 is 1.83 bits per heavy atom. The van der Waals surface area contributed by atoms with Crippen LogP contribution in [0.4, 0.5) is 8.78 Å². The fourth-order valence-corrected chi connectivity index (χ4v) is 1.67. The zero-order valence-corrected chi connectivity index (χ0v) is 10.0. The third-order valence-corrected chi connectivity index (χ3v) is 4.30. The van der Waals surface area contributed by atoms with E-state index in [2.05, 4.69) is 0 Å². The topological polar surface area (TPSA) is 20.2 Å². The average molecular weight is 396 g/mol. The van der Waals surface area contributed by atoms with Crippen LogP contribution in [0.25, 0.3) is 0 Å². The highest BCUT2D eigenvalue weighted by Gasteiger charge is 2.12. The summed E-state index contributed by atoms with van der Waals surface area (Å²) in [5.41, 5.74) is -0.141. The summed E-state index contributed by atoms with van der Waals surface area (Å²) >= 11 is 3.81. The Labute approximate surface area is 95.4 Å². The number of hydrogen-bond acceptors (Lipinski definition) is 1. The normalized spacial score (nSPS) is 10.8. The van der Waals surface area contributed by atoms with Gasteiger partial charge in [-0.1, -0.05) is 0 Å². The average Bonchev–Trinajstić information content (AvgIpc) is 1.99. The maximum absolute atomic E-state index is 12.1. The van der Waals surface area contributed by atoms with Crippen molar-refractivity contribution in [1.82, 2.24) is 0 Å². The molecule has 0 aliphatic rings. The molecule has 1 aromatic carbocycles. The van der Waals surface area contributed by atoms with E-state index in [9.17, 15) is 13.9 Å². The van der Waals surface area contributed by atoms with Gasteiger partial charge in [0.05, 0.1) is 3.57 Å². The first-order valence-electron chi connectivity index (χ1n) is 2.98. The van der Waals surface area contributed by atoms with Crippen LogP contribution in [0.5, 0.6) is 5.75 Å². The summed E-state index contributed by atoms with van der Waals surface area (Å²) < 4.78 is 25.5. The van der Waals surface area contributed by atoms with Gasteiger partial charge in [0.1, 0.15) is 5.75 Å². The minimum atomic E-state index is -2.53. The second kappa shape index (κ2) is 4.03. The zero-order valence-electron chi connectivity index (χ0n) is 5.69. The molecule has 0 spiro atoms. The van der Waals surface area contributed by atoms with E-state index in [1.807, 2.05) is 45.2 Å². The lowest BCUT2D eigenvalue weighted by atomic mass is 10.2. The summed E-state index contributed by atoms with van der Waals surface area (Å²) in [5.74, 6) is -0.0854. The molecule has 1 rings (SSSR count). The minimum Gasteiger partial charge on any atom is -0.507 e. The van der Waals surface area contributed by atoms with Gasteiger partial charge in [0.25, 0.3) is 6.43 Å². The number of rotatable bonds is 1. The maximum atomic E-state index is 12.1. The first-order chi connectivity index (χ1) is 5.52. The summed E-state index contributed by atoms with van der Waals surface area (Å²) in [5, 5.41) is 9.18. The van der Waals surface area contributed by atoms with E-state index in [4.69, 9.17) is 0 Å². The van der Waals surface area contributed by atoms with Crippen molar-refractivity contribution in [2.24, 2.45) is 0 Å². The van der Waals surface area contributed by atoms with E-state index in [-0.39, 0.29) is 11.3 Å². The SMILES string of the molecule is Oc1cc(C(F)F)cc(I)c1I. The Morgan fingerprint density at radius 3 is 2.25 bits per heavy atom. The van der Waals surface area contributed by atoms with Gasteiger partial charge in [-0.15, -0.1) is 0 Å². The smallest absolute Gasteiger partial charge is 0.264 e. The Kier molecular flexibility index (Phi) is 3.50. The van der Waals surface area contributed by atoms with Gasteiger partial charge in [-0.25, -0.2) is 8.78 Å². The molecule has 0 aromatic heterocycles. The van der Waals surface area contributed by atoms with Crippen molar-refractivity contribution in [2.45, 2.75) is 6.43 Å². The lowest BCUT2D eigenvalue weighted by molar-refractivity contribution is 0.151. The molecule has 1 N–H and O–H groups in total. The Morgan fingerprint density at radius 1 is 1.25 bits per heavy atom. The van der Waals surface area contributed by atoms with Crippen molar-refractivity contribution in [1.29, 1.82) is 0 Å². The summed E-state index contributed by atoms with van der Waals surface area (Å²) in [7, 11) is 0. The van der Waals surface area contributed by atoms with Crippen LogP contribution in [-0.2, 0) is 0 Å². The van der Waals surface area contributed by atoms with Crippen LogP contribution in [-0.4, -0.2) is 5.11 Å². The number of alkyl halides is 2. The highest BCUT2D eigenvalue weighted by Crippen LogP contribution is 2.30. The molecule has 0 aliphatic carbocycles. The molecule has 0 fully saturated rings. The third kappa shape index (κ3) is 2.18. The summed E-state index contributed by atoms with van der Waals surface area (Å²) in [6, 6.07) is 2.46. The second-order valence-electron chi connectivity index (χ2n) is 2.14. The van der Waals surface area contributed by atoms with Crippen LogP contribution < -0.4 is 0 Å². The van der Waals surface area contributed by atoms with Crippen LogP contribution in [0.3, 0.4) is 0 Å². The van der Waals surface area contributed by atoms with Gasteiger partial charge in [-0.05, 0) is 57.3 Å². The summed E-state index contributed by atoms with van der Waals surface area (Å²) in [6.07, 6.45) is -2.53. The number of aromatic hydroxyl groups is 1. The van der Waals surface area contributed by atoms with E-state index >= 15 is 0 Å². The highest BCUT2D eigenvalue weighted by atomic mass is 127. The van der Waals surface area contributed by atoms with Gasteiger partial charge in [0, 0.05) is 9.13 Å². The fraction of sp³-hybridized carbons (Fsp3) is 0.143. The van der Waals surface area contributed by atoms with Crippen LogP contribution in [0.2, 0.25) is 0 Å². The summed E-state index contributed by atoms with van der Waals surface area (Å²) in [4.78, 5) is 0. The zero-order chi connectivity index (χ0) is 9.30. The molecule has 0 amide bonds. The Balaban J connectivity index is 3.21. The standard InChI is InChI=1S/C7H4F2I2O/c8-7(9)3-1-4(10)6(11)5(12)2-3/h1-2,7,12H. The maximum Gasteiger partial charge on any atom is 0.264 e. The predicted octanol–water partition coefficient (Wildman–Crippen LogP) is 3.54. The van der Waals surface area contributed by atoms with E-state index in [0.29, 0.717) is 7.14 Å². The number of phenols is 1. The summed E-state index contributed by atoms with van der Waals surface area (Å²) in [6.45, 7) is 0. The molecule has 0 aliphatic heterocycles. The minimum absolute atomic E-state index is 0.0854. The van der Waals surface area contributed by atoms with Crippen molar-refractivity contribution in [3.63, 3.8) is 0 Å². The number of benzene rings is 1. The van der Waals surface area contributed by atoms with Gasteiger partial charge in [0.2, 0.25) is 0 Å². The predicted molar refractivity (Wildman–Crippen MR) is 58.5 cm³/mol. The third-order valence-electron chi connectivity index (χ3n) is 1.28. The molecule has 0 unspecified atom stereocenters. The van der Waals surface area contributed by atoms with Crippen LogP contribution in [0.15, 0.2) is 12.1 Å². The first kappa shape index (κ1) is 10.4. The second-order valence-corrected chi connectivity index (χ2v) is 4.38. The number of halogens is 4. The molecule has 66 valence electrons. The molecule has 1 nitrogen and oxygen atoms in total. The molecule has 1 aromatic rings. The molecular formula is C7H4F2I2O. The highest BCUT2D eigenvalue weighted by molar-refractivity contribution is 14.1. The van der Waals surface area contributed by atoms with Gasteiger partial charge in [0.15, 0.2) is 0 Å². The van der Waals surface area contributed by atoms with Crippen LogP contribution >= 0.6 is 45.2 Å². The molecule has 0 heterocycles. The monoisotopic (exact) mass is 396 g/mol. The molecule has 0 atom stereocenters. The molecule has 0 bridgehead atoms. The van der Waals surface area contributed by atoms with E-state index in [0.717, 1.165) is 6.07 Å². The van der Waals surface area contributed by atoms with E-state index in [1.54, 1.807) is 0 Å². The number of hydrogen-bond donors (Lipinski definition) is 1. The lowest BCUT2D eigenvalue weighted by Gasteiger charge is -2.04. The van der Waals surface area contributed by atoms with Crippen molar-refractivity contribution in [2.75, 3.05) is 0 Å². The number of phenolic OH excluding ortho intramolecular Hbond substituents is 1. The molecular weight excluding hydrogens is 392 g/mol. The molecule has 5 heteroatoms. The van der Waals surface area contributed by atoms with Crippen molar-refractivity contribution in [3.05, 3.63) is 24.8 Å². The Hall–Kier alpha value is 0.340. The van der Waals surface area contributed by atoms with Crippen molar-refractivity contribution in [3.8, 4) is 5.75 Å². The lowest BCUT2D eigenvalue weighted by Crippen LogP contribution is -1.88. The van der Waals surface area contributed by atoms with Gasteiger partial charge >= 0.3 is 0 Å². The molecule has 0 radical (unpaired) electrons. The quantitative estimate of drug-likeness (QED) is 0.721. The van der Waals surface area contributed by atoms with Crippen molar-refractivity contribution < 1.29 is 13.9 Å². The molecule has 0 saturated heterocycles. The van der Waals surface area contributed by atoms with Crippen molar-refractivity contribution >= 4 is 45.2 Å². The fourth-order valence-electron chi connectivity index (χ4n) is 0.721. The first-order valence-corrected chi connectivity index (χ1v) is 5.14. The molecule has 12 heavy (non-hydrogen) atoms. The van der Waals surface area contributed by atoms with E-state index in [1.165, 1.54) is 6.07 Å². The molecule has 0 saturated carbocycles. The van der Waals surface area contributed by atoms with Gasteiger partial charge in [-0.2, -0.15) is 0 Å².